The summed E-state index contributed by atoms with van der Waals surface area (Å²) in [5.41, 5.74) is -2.81. The van der Waals surface area contributed by atoms with Crippen molar-refractivity contribution in [2.45, 2.75) is 78.0 Å². The first kappa shape index (κ1) is 22.0. The van der Waals surface area contributed by atoms with Gasteiger partial charge < -0.3 is 25.2 Å². The van der Waals surface area contributed by atoms with Gasteiger partial charge in [-0.05, 0) is 61.3 Å². The zero-order valence-corrected chi connectivity index (χ0v) is 15.6. The highest BCUT2D eigenvalue weighted by molar-refractivity contribution is 5.83. The van der Waals surface area contributed by atoms with Crippen LogP contribution in [0.5, 0.6) is 0 Å². The number of hydrogen-bond acceptors (Lipinski definition) is 5. The summed E-state index contributed by atoms with van der Waals surface area (Å²) in [5, 5.41) is 14.3. The molecular formula is C16H30N2O6. The van der Waals surface area contributed by atoms with Crippen LogP contribution in [0.25, 0.3) is 0 Å². The smallest absolute Gasteiger partial charge is 0.408 e. The van der Waals surface area contributed by atoms with Gasteiger partial charge in [0, 0.05) is 6.54 Å². The third-order valence-corrected chi connectivity index (χ3v) is 2.77. The maximum atomic E-state index is 11.8. The van der Waals surface area contributed by atoms with Crippen molar-refractivity contribution in [2.24, 2.45) is 0 Å². The van der Waals surface area contributed by atoms with Gasteiger partial charge in [-0.1, -0.05) is 0 Å². The number of aliphatic carboxylic acids is 1. The third-order valence-electron chi connectivity index (χ3n) is 2.77. The van der Waals surface area contributed by atoms with E-state index in [1.54, 1.807) is 41.5 Å². The lowest BCUT2D eigenvalue weighted by atomic mass is 9.96. The lowest BCUT2D eigenvalue weighted by molar-refractivity contribution is -0.144. The summed E-state index contributed by atoms with van der Waals surface area (Å²) in [6.45, 7) is 11.9. The number of rotatable bonds is 6. The van der Waals surface area contributed by atoms with Crippen LogP contribution < -0.4 is 10.6 Å². The van der Waals surface area contributed by atoms with Gasteiger partial charge in [0.1, 0.15) is 16.7 Å². The van der Waals surface area contributed by atoms with Crippen LogP contribution in [0.1, 0.15) is 61.3 Å². The third kappa shape index (κ3) is 9.91. The predicted octanol–water partition coefficient (Wildman–Crippen LogP) is 2.66. The fourth-order valence-corrected chi connectivity index (χ4v) is 1.70. The molecule has 0 radical (unpaired) electrons. The second kappa shape index (κ2) is 8.21. The van der Waals surface area contributed by atoms with Gasteiger partial charge in [0.15, 0.2) is 0 Å². The van der Waals surface area contributed by atoms with E-state index >= 15 is 0 Å². The molecule has 3 N–H and O–H groups in total. The van der Waals surface area contributed by atoms with E-state index in [2.05, 4.69) is 10.6 Å². The van der Waals surface area contributed by atoms with Crippen molar-refractivity contribution >= 4 is 18.2 Å². The van der Waals surface area contributed by atoms with E-state index in [9.17, 15) is 19.5 Å². The molecule has 0 aromatic carbocycles. The molecule has 0 aromatic rings. The van der Waals surface area contributed by atoms with Gasteiger partial charge in [-0.2, -0.15) is 0 Å². The Bertz CT molecular complexity index is 464. The Morgan fingerprint density at radius 1 is 0.875 bits per heavy atom. The van der Waals surface area contributed by atoms with E-state index in [0.717, 1.165) is 0 Å². The highest BCUT2D eigenvalue weighted by Crippen LogP contribution is 2.15. The molecule has 24 heavy (non-hydrogen) atoms. The van der Waals surface area contributed by atoms with Crippen LogP contribution in [-0.4, -0.2) is 46.5 Å². The van der Waals surface area contributed by atoms with Crippen molar-refractivity contribution in [3.05, 3.63) is 0 Å². The first-order valence-electron chi connectivity index (χ1n) is 7.86. The van der Waals surface area contributed by atoms with Crippen molar-refractivity contribution < 1.29 is 29.0 Å². The van der Waals surface area contributed by atoms with Crippen molar-refractivity contribution in [1.29, 1.82) is 0 Å². The number of alkyl carbamates (subject to hydrolysis) is 2. The first-order valence-corrected chi connectivity index (χ1v) is 7.86. The molecular weight excluding hydrogens is 316 g/mol. The summed E-state index contributed by atoms with van der Waals surface area (Å²) in [6.07, 6.45) is -0.901. The Labute approximate surface area is 143 Å². The SMILES string of the molecule is CC(C)(C)OC(=O)NCCC[C@](C)(NC(=O)OC(C)(C)C)C(=O)O. The molecule has 140 valence electrons. The molecule has 0 saturated heterocycles. The molecule has 0 fully saturated rings. The molecule has 0 unspecified atom stereocenters. The average Bonchev–Trinajstić information content (AvgIpc) is 2.29. The highest BCUT2D eigenvalue weighted by Gasteiger charge is 2.35. The van der Waals surface area contributed by atoms with Crippen LogP contribution in [0.2, 0.25) is 0 Å². The maximum Gasteiger partial charge on any atom is 0.408 e. The zero-order valence-electron chi connectivity index (χ0n) is 15.6. The largest absolute Gasteiger partial charge is 0.480 e. The Morgan fingerprint density at radius 2 is 1.33 bits per heavy atom. The minimum atomic E-state index is -1.49. The Balaban J connectivity index is 4.46. The summed E-state index contributed by atoms with van der Waals surface area (Å²) in [4.78, 5) is 34.8. The van der Waals surface area contributed by atoms with Gasteiger partial charge in [-0.15, -0.1) is 0 Å². The van der Waals surface area contributed by atoms with Crippen LogP contribution in [-0.2, 0) is 14.3 Å². The van der Waals surface area contributed by atoms with E-state index < -0.39 is 34.9 Å². The van der Waals surface area contributed by atoms with Crippen LogP contribution in [0.15, 0.2) is 0 Å². The zero-order chi connectivity index (χ0) is 19.2. The Morgan fingerprint density at radius 3 is 1.75 bits per heavy atom. The van der Waals surface area contributed by atoms with Gasteiger partial charge >= 0.3 is 18.2 Å². The highest BCUT2D eigenvalue weighted by atomic mass is 16.6. The number of carbonyl (C=O) groups excluding carboxylic acids is 2. The molecule has 0 heterocycles. The van der Waals surface area contributed by atoms with E-state index in [0.29, 0.717) is 6.42 Å². The molecule has 0 bridgehead atoms. The average molecular weight is 346 g/mol. The lowest BCUT2D eigenvalue weighted by Gasteiger charge is -2.28. The molecule has 8 heteroatoms. The Kier molecular flexibility index (Phi) is 7.53. The maximum absolute atomic E-state index is 11.8. The van der Waals surface area contributed by atoms with Gasteiger partial charge in [0.25, 0.3) is 0 Å². The van der Waals surface area contributed by atoms with Gasteiger partial charge in [0.2, 0.25) is 0 Å². The standard InChI is InChI=1S/C16H30N2O6/c1-14(2,3)23-12(21)17-10-8-9-16(7,11(19)20)18-13(22)24-15(4,5)6/h8-10H2,1-7H3,(H,17,21)(H,18,22)(H,19,20)/t16-/m0/s1. The molecule has 1 atom stereocenters. The number of hydrogen-bond donors (Lipinski definition) is 3. The van der Waals surface area contributed by atoms with Crippen molar-refractivity contribution in [3.8, 4) is 0 Å². The molecule has 0 saturated carbocycles. The predicted molar refractivity (Wildman–Crippen MR) is 88.9 cm³/mol. The van der Waals surface area contributed by atoms with E-state index in [1.165, 1.54) is 6.92 Å². The quantitative estimate of drug-likeness (QED) is 0.637. The molecule has 0 aliphatic carbocycles. The van der Waals surface area contributed by atoms with E-state index in [1.807, 2.05) is 0 Å². The first-order chi connectivity index (χ1) is 10.6. The number of amides is 2. The number of carboxylic acids is 1. The fraction of sp³-hybridized carbons (Fsp3) is 0.812. The summed E-state index contributed by atoms with van der Waals surface area (Å²) in [6, 6.07) is 0. The normalized spacial score (nSPS) is 14.3. The topological polar surface area (TPSA) is 114 Å². The monoisotopic (exact) mass is 346 g/mol. The van der Waals surface area contributed by atoms with Crippen molar-refractivity contribution in [3.63, 3.8) is 0 Å². The van der Waals surface area contributed by atoms with Crippen LogP contribution in [0, 0.1) is 0 Å². The molecule has 8 nitrogen and oxygen atoms in total. The molecule has 0 aliphatic heterocycles. The summed E-state index contributed by atoms with van der Waals surface area (Å²) in [5.74, 6) is -1.18. The number of nitrogens with one attached hydrogen (secondary N) is 2. The van der Waals surface area contributed by atoms with Gasteiger partial charge in [-0.3, -0.25) is 0 Å². The van der Waals surface area contributed by atoms with Crippen LogP contribution >= 0.6 is 0 Å². The second-order valence-corrected chi connectivity index (χ2v) is 7.80. The number of carbonyl (C=O) groups is 3. The molecule has 0 aromatic heterocycles. The van der Waals surface area contributed by atoms with Crippen molar-refractivity contribution in [1.82, 2.24) is 10.6 Å². The molecule has 0 spiro atoms. The number of carboxylic acid groups (broad SMARTS) is 1. The second-order valence-electron chi connectivity index (χ2n) is 7.80. The summed E-state index contributed by atoms with van der Waals surface area (Å²) in [7, 11) is 0. The van der Waals surface area contributed by atoms with Crippen molar-refractivity contribution in [2.75, 3.05) is 6.54 Å². The van der Waals surface area contributed by atoms with E-state index in [-0.39, 0.29) is 13.0 Å². The van der Waals surface area contributed by atoms with Crippen LogP contribution in [0.4, 0.5) is 9.59 Å². The minimum Gasteiger partial charge on any atom is -0.480 e. The van der Waals surface area contributed by atoms with Gasteiger partial charge in [0.05, 0.1) is 0 Å². The van der Waals surface area contributed by atoms with Crippen LogP contribution in [0.3, 0.4) is 0 Å². The molecule has 2 amide bonds. The minimum absolute atomic E-state index is 0.122. The number of ether oxygens (including phenoxy) is 2. The fourth-order valence-electron chi connectivity index (χ4n) is 1.70. The Hall–Kier alpha value is -1.99. The molecule has 0 rings (SSSR count). The summed E-state index contributed by atoms with van der Waals surface area (Å²) < 4.78 is 10.2. The lowest BCUT2D eigenvalue weighted by Crippen LogP contribution is -2.53. The molecule has 0 aliphatic rings. The summed E-state index contributed by atoms with van der Waals surface area (Å²) >= 11 is 0. The van der Waals surface area contributed by atoms with Gasteiger partial charge in [-0.25, -0.2) is 14.4 Å². The van der Waals surface area contributed by atoms with E-state index in [4.69, 9.17) is 9.47 Å².